The minimum absolute atomic E-state index is 0.0167. The van der Waals surface area contributed by atoms with Gasteiger partial charge >= 0.3 is 0 Å². The van der Waals surface area contributed by atoms with Gasteiger partial charge in [0.05, 0.1) is 25.5 Å². The Kier molecular flexibility index (Phi) is 8.34. The van der Waals surface area contributed by atoms with Crippen molar-refractivity contribution in [1.82, 2.24) is 0 Å². The standard InChI is InChI=1S/C22H27NO5/c1-4-26-19-12-13-21(27-5-2)20(15-19)23-22(25)7-6-14-28-18-10-8-17(9-11-18)16(3)24/h8-13,15H,4-7,14H2,1-3H3,(H,23,25). The second-order valence-electron chi connectivity index (χ2n) is 6.10. The topological polar surface area (TPSA) is 73.9 Å². The van der Waals surface area contributed by atoms with Gasteiger partial charge in [-0.2, -0.15) is 0 Å². The molecule has 150 valence electrons. The largest absolute Gasteiger partial charge is 0.494 e. The molecule has 0 bridgehead atoms. The average molecular weight is 385 g/mol. The molecule has 6 heteroatoms. The first kappa shape index (κ1) is 21.3. The third kappa shape index (κ3) is 6.61. The van der Waals surface area contributed by atoms with Gasteiger partial charge in [-0.25, -0.2) is 0 Å². The Bertz CT molecular complexity index is 786. The number of hydrogen-bond acceptors (Lipinski definition) is 5. The van der Waals surface area contributed by atoms with Crippen molar-refractivity contribution < 1.29 is 23.8 Å². The third-order valence-corrected chi connectivity index (χ3v) is 3.91. The van der Waals surface area contributed by atoms with Crippen molar-refractivity contribution in [3.8, 4) is 17.2 Å². The number of nitrogens with one attached hydrogen (secondary N) is 1. The van der Waals surface area contributed by atoms with Gasteiger partial charge < -0.3 is 19.5 Å². The molecule has 2 rings (SSSR count). The van der Waals surface area contributed by atoms with E-state index >= 15 is 0 Å². The summed E-state index contributed by atoms with van der Waals surface area (Å²) >= 11 is 0. The molecule has 2 aromatic carbocycles. The fourth-order valence-electron chi connectivity index (χ4n) is 2.57. The van der Waals surface area contributed by atoms with Crippen LogP contribution in [0.2, 0.25) is 0 Å². The average Bonchev–Trinajstić information content (AvgIpc) is 2.68. The maximum absolute atomic E-state index is 12.3. The molecular weight excluding hydrogens is 358 g/mol. The van der Waals surface area contributed by atoms with Crippen LogP contribution in [0.5, 0.6) is 17.2 Å². The van der Waals surface area contributed by atoms with Gasteiger partial charge in [-0.05, 0) is 63.6 Å². The summed E-state index contributed by atoms with van der Waals surface area (Å²) in [6.45, 7) is 6.78. The summed E-state index contributed by atoms with van der Waals surface area (Å²) in [5.41, 5.74) is 1.24. The van der Waals surface area contributed by atoms with Crippen LogP contribution in [0.15, 0.2) is 42.5 Å². The van der Waals surface area contributed by atoms with Crippen molar-refractivity contribution in [3.05, 3.63) is 48.0 Å². The van der Waals surface area contributed by atoms with Gasteiger partial charge in [0.2, 0.25) is 5.91 Å². The van der Waals surface area contributed by atoms with Crippen molar-refractivity contribution in [2.75, 3.05) is 25.1 Å². The molecule has 0 fully saturated rings. The van der Waals surface area contributed by atoms with Crippen LogP contribution < -0.4 is 19.5 Å². The number of ether oxygens (including phenoxy) is 3. The normalized spacial score (nSPS) is 10.2. The first-order valence-electron chi connectivity index (χ1n) is 9.46. The maximum atomic E-state index is 12.3. The zero-order valence-electron chi connectivity index (χ0n) is 16.6. The lowest BCUT2D eigenvalue weighted by Gasteiger charge is -2.13. The lowest BCUT2D eigenvalue weighted by molar-refractivity contribution is -0.116. The van der Waals surface area contributed by atoms with Crippen molar-refractivity contribution in [2.24, 2.45) is 0 Å². The van der Waals surface area contributed by atoms with Gasteiger partial charge in [0, 0.05) is 18.1 Å². The summed E-state index contributed by atoms with van der Waals surface area (Å²) < 4.78 is 16.7. The summed E-state index contributed by atoms with van der Waals surface area (Å²) in [5.74, 6) is 1.86. The Morgan fingerprint density at radius 2 is 1.57 bits per heavy atom. The predicted molar refractivity (Wildman–Crippen MR) is 109 cm³/mol. The number of carbonyl (C=O) groups is 2. The van der Waals surface area contributed by atoms with E-state index in [0.29, 0.717) is 61.2 Å². The van der Waals surface area contributed by atoms with Gasteiger partial charge in [0.1, 0.15) is 17.2 Å². The van der Waals surface area contributed by atoms with E-state index in [9.17, 15) is 9.59 Å². The Balaban J connectivity index is 1.83. The van der Waals surface area contributed by atoms with Crippen molar-refractivity contribution >= 4 is 17.4 Å². The highest BCUT2D eigenvalue weighted by Gasteiger charge is 2.10. The monoisotopic (exact) mass is 385 g/mol. The molecule has 0 aliphatic carbocycles. The molecule has 6 nitrogen and oxygen atoms in total. The number of carbonyl (C=O) groups excluding carboxylic acids is 2. The Morgan fingerprint density at radius 1 is 0.893 bits per heavy atom. The highest BCUT2D eigenvalue weighted by Crippen LogP contribution is 2.29. The van der Waals surface area contributed by atoms with Crippen LogP contribution in [0.1, 0.15) is 44.0 Å². The minimum atomic E-state index is -0.120. The zero-order chi connectivity index (χ0) is 20.4. The van der Waals surface area contributed by atoms with Crippen LogP contribution in [0.4, 0.5) is 5.69 Å². The molecule has 0 unspecified atom stereocenters. The minimum Gasteiger partial charge on any atom is -0.494 e. The highest BCUT2D eigenvalue weighted by molar-refractivity contribution is 5.94. The van der Waals surface area contributed by atoms with Gasteiger partial charge in [-0.1, -0.05) is 0 Å². The molecule has 28 heavy (non-hydrogen) atoms. The fourth-order valence-corrected chi connectivity index (χ4v) is 2.57. The molecule has 0 spiro atoms. The van der Waals surface area contributed by atoms with Crippen molar-refractivity contribution in [2.45, 2.75) is 33.6 Å². The van der Waals surface area contributed by atoms with Crippen LogP contribution in [-0.4, -0.2) is 31.5 Å². The van der Waals surface area contributed by atoms with E-state index in [2.05, 4.69) is 5.32 Å². The van der Waals surface area contributed by atoms with Crippen LogP contribution in [-0.2, 0) is 4.79 Å². The molecule has 0 saturated heterocycles. The van der Waals surface area contributed by atoms with Gasteiger partial charge in [0.15, 0.2) is 5.78 Å². The predicted octanol–water partition coefficient (Wildman–Crippen LogP) is 4.48. The first-order chi connectivity index (χ1) is 13.5. The number of ketones is 1. The molecule has 1 N–H and O–H groups in total. The zero-order valence-corrected chi connectivity index (χ0v) is 16.6. The Labute approximate surface area is 165 Å². The van der Waals surface area contributed by atoms with E-state index in [-0.39, 0.29) is 11.7 Å². The van der Waals surface area contributed by atoms with Gasteiger partial charge in [0.25, 0.3) is 0 Å². The van der Waals surface area contributed by atoms with E-state index in [1.165, 1.54) is 6.92 Å². The van der Waals surface area contributed by atoms with E-state index in [1.807, 2.05) is 19.9 Å². The van der Waals surface area contributed by atoms with Crippen LogP contribution in [0, 0.1) is 0 Å². The summed E-state index contributed by atoms with van der Waals surface area (Å²) in [6.07, 6.45) is 0.880. The molecule has 0 radical (unpaired) electrons. The lowest BCUT2D eigenvalue weighted by Crippen LogP contribution is -2.14. The van der Waals surface area contributed by atoms with E-state index in [0.717, 1.165) is 0 Å². The molecule has 0 aliphatic heterocycles. The highest BCUT2D eigenvalue weighted by atomic mass is 16.5. The summed E-state index contributed by atoms with van der Waals surface area (Å²) in [4.78, 5) is 23.5. The molecule has 0 aliphatic rings. The third-order valence-electron chi connectivity index (χ3n) is 3.91. The fraction of sp³-hybridized carbons (Fsp3) is 0.364. The molecular formula is C22H27NO5. The number of benzene rings is 2. The Morgan fingerprint density at radius 3 is 2.21 bits per heavy atom. The van der Waals surface area contributed by atoms with Crippen LogP contribution in [0.3, 0.4) is 0 Å². The van der Waals surface area contributed by atoms with E-state index < -0.39 is 0 Å². The van der Waals surface area contributed by atoms with E-state index in [1.54, 1.807) is 36.4 Å². The second kappa shape index (κ2) is 11.0. The number of hydrogen-bond donors (Lipinski definition) is 1. The number of amides is 1. The molecule has 1 amide bonds. The van der Waals surface area contributed by atoms with Gasteiger partial charge in [-0.15, -0.1) is 0 Å². The molecule has 0 aromatic heterocycles. The quantitative estimate of drug-likeness (QED) is 0.456. The molecule has 0 saturated carbocycles. The summed E-state index contributed by atoms with van der Waals surface area (Å²) in [6, 6.07) is 12.3. The summed E-state index contributed by atoms with van der Waals surface area (Å²) in [7, 11) is 0. The first-order valence-corrected chi connectivity index (χ1v) is 9.46. The second-order valence-corrected chi connectivity index (χ2v) is 6.10. The van der Waals surface area contributed by atoms with E-state index in [4.69, 9.17) is 14.2 Å². The van der Waals surface area contributed by atoms with Crippen LogP contribution in [0.25, 0.3) is 0 Å². The molecule has 0 atom stereocenters. The smallest absolute Gasteiger partial charge is 0.224 e. The molecule has 2 aromatic rings. The number of Topliss-reactive ketones (excluding diaryl/α,β-unsaturated/α-hetero) is 1. The maximum Gasteiger partial charge on any atom is 0.224 e. The molecule has 0 heterocycles. The SMILES string of the molecule is CCOc1ccc(OCC)c(NC(=O)CCCOc2ccc(C(C)=O)cc2)c1. The Hall–Kier alpha value is -3.02. The van der Waals surface area contributed by atoms with Crippen molar-refractivity contribution in [3.63, 3.8) is 0 Å². The lowest BCUT2D eigenvalue weighted by atomic mass is 10.1. The summed E-state index contributed by atoms with van der Waals surface area (Å²) in [5, 5.41) is 2.88. The van der Waals surface area contributed by atoms with Crippen molar-refractivity contribution in [1.29, 1.82) is 0 Å². The number of anilines is 1. The van der Waals surface area contributed by atoms with Gasteiger partial charge in [-0.3, -0.25) is 9.59 Å². The van der Waals surface area contributed by atoms with Crippen LogP contribution >= 0.6 is 0 Å². The number of rotatable bonds is 11.